The van der Waals surface area contributed by atoms with Gasteiger partial charge < -0.3 is 4.79 Å². The van der Waals surface area contributed by atoms with E-state index in [2.05, 4.69) is 25.1 Å². The van der Waals surface area contributed by atoms with Crippen molar-refractivity contribution in [3.8, 4) is 0 Å². The van der Waals surface area contributed by atoms with Crippen LogP contribution in [0.3, 0.4) is 0 Å². The number of aldehydes is 1. The maximum Gasteiger partial charge on any atom is 0.146 e. The van der Waals surface area contributed by atoms with E-state index in [9.17, 15) is 4.79 Å². The maximum atomic E-state index is 10.8. The number of carbonyl (C=O) groups excluding carboxylic acids is 1. The number of aryl methyl sites for hydroxylation is 1. The lowest BCUT2D eigenvalue weighted by Crippen LogP contribution is -2.11. The van der Waals surface area contributed by atoms with Crippen LogP contribution >= 0.6 is 23.5 Å². The highest BCUT2D eigenvalue weighted by Crippen LogP contribution is 2.54. The van der Waals surface area contributed by atoms with Gasteiger partial charge in [0.15, 0.2) is 0 Å². The van der Waals surface area contributed by atoms with Crippen molar-refractivity contribution in [1.29, 1.82) is 0 Å². The summed E-state index contributed by atoms with van der Waals surface area (Å²) < 4.78 is -0.309. The van der Waals surface area contributed by atoms with Gasteiger partial charge in [-0.15, -0.1) is 0 Å². The molecule has 3 heteroatoms. The van der Waals surface area contributed by atoms with E-state index in [1.54, 1.807) is 23.5 Å². The fourth-order valence-corrected chi connectivity index (χ4v) is 3.92. The van der Waals surface area contributed by atoms with Crippen LogP contribution in [0.1, 0.15) is 12.5 Å². The Morgan fingerprint density at radius 3 is 2.69 bits per heavy atom. The van der Waals surface area contributed by atoms with Crippen molar-refractivity contribution < 1.29 is 4.79 Å². The Hall–Kier alpha value is -0.410. The van der Waals surface area contributed by atoms with E-state index in [0.717, 1.165) is 6.29 Å². The Kier molecular flexibility index (Phi) is 2.16. The lowest BCUT2D eigenvalue weighted by Gasteiger charge is -2.10. The SMILES string of the molecule is Cc1ccc2c(c1)SC(C)(C=O)S2. The first kappa shape index (κ1) is 9.16. The molecule has 0 radical (unpaired) electrons. The van der Waals surface area contributed by atoms with Gasteiger partial charge in [0, 0.05) is 9.79 Å². The first-order valence-corrected chi connectivity index (χ1v) is 5.71. The van der Waals surface area contributed by atoms with Crippen LogP contribution in [0.5, 0.6) is 0 Å². The molecule has 13 heavy (non-hydrogen) atoms. The second kappa shape index (κ2) is 3.07. The largest absolute Gasteiger partial charge is 0.301 e. The Balaban J connectivity index is 2.40. The van der Waals surface area contributed by atoms with Crippen LogP contribution in [-0.4, -0.2) is 10.4 Å². The highest BCUT2D eigenvalue weighted by molar-refractivity contribution is 8.21. The molecule has 2 rings (SSSR count). The van der Waals surface area contributed by atoms with Gasteiger partial charge in [-0.25, -0.2) is 0 Å². The molecular weight excluding hydrogens is 200 g/mol. The minimum Gasteiger partial charge on any atom is -0.301 e. The highest BCUT2D eigenvalue weighted by Gasteiger charge is 2.34. The van der Waals surface area contributed by atoms with E-state index in [0.29, 0.717) is 0 Å². The van der Waals surface area contributed by atoms with Gasteiger partial charge in [0.2, 0.25) is 0 Å². The quantitative estimate of drug-likeness (QED) is 0.663. The van der Waals surface area contributed by atoms with Gasteiger partial charge in [0.05, 0.1) is 0 Å². The molecule has 0 aromatic heterocycles. The van der Waals surface area contributed by atoms with Gasteiger partial charge in [-0.2, -0.15) is 0 Å². The molecule has 1 aromatic rings. The van der Waals surface area contributed by atoms with Gasteiger partial charge in [0.25, 0.3) is 0 Å². The van der Waals surface area contributed by atoms with Crippen LogP contribution in [0.15, 0.2) is 28.0 Å². The maximum absolute atomic E-state index is 10.8. The Labute approximate surface area is 86.3 Å². The predicted octanol–water partition coefficient (Wildman–Crippen LogP) is 3.11. The van der Waals surface area contributed by atoms with Gasteiger partial charge >= 0.3 is 0 Å². The van der Waals surface area contributed by atoms with Crippen molar-refractivity contribution in [2.75, 3.05) is 0 Å². The minimum absolute atomic E-state index is 0.309. The molecule has 0 spiro atoms. The van der Waals surface area contributed by atoms with E-state index in [1.807, 2.05) is 6.92 Å². The van der Waals surface area contributed by atoms with Crippen LogP contribution < -0.4 is 0 Å². The zero-order valence-corrected chi connectivity index (χ0v) is 9.17. The van der Waals surface area contributed by atoms with E-state index < -0.39 is 0 Å². The summed E-state index contributed by atoms with van der Waals surface area (Å²) in [7, 11) is 0. The smallest absolute Gasteiger partial charge is 0.146 e. The number of fused-ring (bicyclic) bond motifs is 1. The molecule has 0 amide bonds. The van der Waals surface area contributed by atoms with Crippen LogP contribution in [-0.2, 0) is 4.79 Å². The molecule has 0 aliphatic carbocycles. The van der Waals surface area contributed by atoms with E-state index in [4.69, 9.17) is 0 Å². The first-order valence-electron chi connectivity index (χ1n) is 4.08. The van der Waals surface area contributed by atoms with Crippen LogP contribution in [0, 0.1) is 6.92 Å². The fourth-order valence-electron chi connectivity index (χ4n) is 1.28. The zero-order chi connectivity index (χ0) is 9.47. The molecule has 1 aliphatic rings. The molecule has 1 aromatic carbocycles. The van der Waals surface area contributed by atoms with Crippen molar-refractivity contribution in [3.05, 3.63) is 23.8 Å². The summed E-state index contributed by atoms with van der Waals surface area (Å²) in [4.78, 5) is 13.3. The van der Waals surface area contributed by atoms with Crippen LogP contribution in [0.25, 0.3) is 0 Å². The summed E-state index contributed by atoms with van der Waals surface area (Å²) in [5.74, 6) is 0. The summed E-state index contributed by atoms with van der Waals surface area (Å²) in [6, 6.07) is 6.32. The van der Waals surface area contributed by atoms with E-state index in [-0.39, 0.29) is 4.08 Å². The molecule has 0 saturated heterocycles. The molecule has 1 unspecified atom stereocenters. The third-order valence-corrected chi connectivity index (χ3v) is 4.70. The molecule has 68 valence electrons. The predicted molar refractivity (Wildman–Crippen MR) is 57.4 cm³/mol. The molecule has 1 nitrogen and oxygen atoms in total. The minimum atomic E-state index is -0.309. The number of hydrogen-bond acceptors (Lipinski definition) is 3. The topological polar surface area (TPSA) is 17.1 Å². The molecule has 0 saturated carbocycles. The summed E-state index contributed by atoms with van der Waals surface area (Å²) in [5.41, 5.74) is 1.25. The number of hydrogen-bond donors (Lipinski definition) is 0. The molecule has 1 aliphatic heterocycles. The zero-order valence-electron chi connectivity index (χ0n) is 7.53. The van der Waals surface area contributed by atoms with Crippen molar-refractivity contribution in [2.24, 2.45) is 0 Å². The van der Waals surface area contributed by atoms with Gasteiger partial charge in [0.1, 0.15) is 10.4 Å². The lowest BCUT2D eigenvalue weighted by molar-refractivity contribution is -0.107. The Bertz CT molecular complexity index is 362. The molecule has 0 N–H and O–H groups in total. The van der Waals surface area contributed by atoms with Gasteiger partial charge in [-0.3, -0.25) is 0 Å². The number of thioether (sulfide) groups is 2. The number of benzene rings is 1. The third-order valence-electron chi connectivity index (χ3n) is 1.94. The average molecular weight is 210 g/mol. The summed E-state index contributed by atoms with van der Waals surface area (Å²) in [6.07, 6.45) is 1.03. The normalized spacial score (nSPS) is 25.7. The fraction of sp³-hybridized carbons (Fsp3) is 0.300. The van der Waals surface area contributed by atoms with Gasteiger partial charge in [-0.1, -0.05) is 29.6 Å². The molecule has 1 atom stereocenters. The number of carbonyl (C=O) groups is 1. The summed E-state index contributed by atoms with van der Waals surface area (Å²) in [5, 5.41) is 0. The molecule has 1 heterocycles. The summed E-state index contributed by atoms with van der Waals surface area (Å²) >= 11 is 3.29. The standard InChI is InChI=1S/C10H10OS2/c1-7-3-4-8-9(5-7)13-10(2,6-11)12-8/h3-6H,1-2H3. The Morgan fingerprint density at radius 2 is 2.00 bits per heavy atom. The van der Waals surface area contributed by atoms with Crippen LogP contribution in [0.4, 0.5) is 0 Å². The first-order chi connectivity index (χ1) is 6.13. The van der Waals surface area contributed by atoms with E-state index >= 15 is 0 Å². The average Bonchev–Trinajstić information content (AvgIpc) is 2.42. The van der Waals surface area contributed by atoms with Crippen molar-refractivity contribution in [2.45, 2.75) is 27.7 Å². The monoisotopic (exact) mass is 210 g/mol. The van der Waals surface area contributed by atoms with Crippen molar-refractivity contribution in [3.63, 3.8) is 0 Å². The second-order valence-corrected chi connectivity index (χ2v) is 6.53. The lowest BCUT2D eigenvalue weighted by atomic mass is 10.2. The second-order valence-electron chi connectivity index (χ2n) is 3.29. The highest BCUT2D eigenvalue weighted by atomic mass is 32.2. The molecular formula is C10H10OS2. The molecule has 0 bridgehead atoms. The van der Waals surface area contributed by atoms with Gasteiger partial charge in [-0.05, 0) is 31.5 Å². The van der Waals surface area contributed by atoms with Crippen molar-refractivity contribution >= 4 is 29.8 Å². The summed E-state index contributed by atoms with van der Waals surface area (Å²) in [6.45, 7) is 4.03. The van der Waals surface area contributed by atoms with Crippen molar-refractivity contribution in [1.82, 2.24) is 0 Å². The van der Waals surface area contributed by atoms with E-state index in [1.165, 1.54) is 15.4 Å². The van der Waals surface area contributed by atoms with Crippen LogP contribution in [0.2, 0.25) is 0 Å². The Morgan fingerprint density at radius 1 is 1.31 bits per heavy atom. The molecule has 0 fully saturated rings. The number of rotatable bonds is 1. The third kappa shape index (κ3) is 1.63.